The van der Waals surface area contributed by atoms with Crippen LogP contribution in [0.3, 0.4) is 0 Å². The molecule has 1 fully saturated rings. The fourth-order valence-corrected chi connectivity index (χ4v) is 3.41. The van der Waals surface area contributed by atoms with Crippen molar-refractivity contribution in [3.8, 4) is 0 Å². The highest BCUT2D eigenvalue weighted by molar-refractivity contribution is 6.16. The van der Waals surface area contributed by atoms with Crippen LogP contribution in [0.25, 0.3) is 11.0 Å². The summed E-state index contributed by atoms with van der Waals surface area (Å²) in [6.45, 7) is 2.65. The summed E-state index contributed by atoms with van der Waals surface area (Å²) in [5.41, 5.74) is 2.51. The number of benzene rings is 1. The molecule has 0 radical (unpaired) electrons. The van der Waals surface area contributed by atoms with Gasteiger partial charge in [-0.15, -0.1) is 11.6 Å². The lowest BCUT2D eigenvalue weighted by Gasteiger charge is -2.47. The first kappa shape index (κ1) is 14.8. The van der Waals surface area contributed by atoms with E-state index in [0.29, 0.717) is 17.0 Å². The van der Waals surface area contributed by atoms with Crippen LogP contribution in [0.2, 0.25) is 0 Å². The third-order valence-electron chi connectivity index (χ3n) is 4.91. The molecule has 114 valence electrons. The molecule has 1 aromatic carbocycles. The van der Waals surface area contributed by atoms with E-state index in [4.69, 9.17) is 11.6 Å². The van der Waals surface area contributed by atoms with E-state index in [1.54, 1.807) is 6.92 Å². The Morgan fingerprint density at radius 3 is 2.62 bits per heavy atom. The van der Waals surface area contributed by atoms with Gasteiger partial charge in [0.05, 0.1) is 16.9 Å². The van der Waals surface area contributed by atoms with Crippen LogP contribution in [-0.4, -0.2) is 34.1 Å². The predicted molar refractivity (Wildman–Crippen MR) is 84.3 cm³/mol. The third-order valence-corrected chi connectivity index (χ3v) is 5.15. The van der Waals surface area contributed by atoms with Crippen LogP contribution in [-0.2, 0) is 12.4 Å². The average molecular weight is 310 g/mol. The number of halogens is 2. The number of likely N-dealkylation sites (N-methyl/N-ethyl adjacent to an activating group) is 1. The zero-order chi connectivity index (χ0) is 15.2. The molecule has 2 aromatic rings. The molecule has 0 N–H and O–H groups in total. The molecule has 0 spiro atoms. The number of nitrogens with zero attached hydrogens (tertiary/aromatic N) is 3. The van der Waals surface area contributed by atoms with Crippen molar-refractivity contribution in [2.45, 2.75) is 44.1 Å². The van der Waals surface area contributed by atoms with Gasteiger partial charge in [-0.3, -0.25) is 0 Å². The highest BCUT2D eigenvalue weighted by atomic mass is 35.5. The summed E-state index contributed by atoms with van der Waals surface area (Å²) in [7, 11) is 4.26. The van der Waals surface area contributed by atoms with E-state index in [0.717, 1.165) is 17.9 Å². The Morgan fingerprint density at radius 2 is 2.10 bits per heavy atom. The Hall–Kier alpha value is -1.13. The van der Waals surface area contributed by atoms with Crippen molar-refractivity contribution in [3.63, 3.8) is 0 Å². The molecule has 3 rings (SSSR count). The Balaban J connectivity index is 2.10. The number of rotatable bonds is 4. The third kappa shape index (κ3) is 2.34. The molecular formula is C16H21ClFN3. The van der Waals surface area contributed by atoms with Crippen molar-refractivity contribution in [3.05, 3.63) is 29.3 Å². The Labute approximate surface area is 129 Å². The van der Waals surface area contributed by atoms with Gasteiger partial charge in [0.15, 0.2) is 0 Å². The average Bonchev–Trinajstić information content (AvgIpc) is 2.71. The van der Waals surface area contributed by atoms with Gasteiger partial charge in [0.25, 0.3) is 0 Å². The summed E-state index contributed by atoms with van der Waals surface area (Å²) in [5.74, 6) is 0.961. The second-order valence-electron chi connectivity index (χ2n) is 6.31. The highest BCUT2D eigenvalue weighted by Crippen LogP contribution is 2.39. The molecule has 0 bridgehead atoms. The maximum absolute atomic E-state index is 13.7. The number of hydrogen-bond acceptors (Lipinski definition) is 2. The summed E-state index contributed by atoms with van der Waals surface area (Å²) >= 11 is 6.06. The standard InChI is InChI=1S/C16H21ClFN3/c1-11-7-14-13(8-12(11)18)19-15(9-17)21(14)10-16(20(2)3)5-4-6-16/h7-8H,4-6,9-10H2,1-3H3. The van der Waals surface area contributed by atoms with Gasteiger partial charge < -0.3 is 9.47 Å². The van der Waals surface area contributed by atoms with Crippen LogP contribution in [0, 0.1) is 12.7 Å². The van der Waals surface area contributed by atoms with Crippen molar-refractivity contribution < 1.29 is 4.39 Å². The van der Waals surface area contributed by atoms with E-state index in [-0.39, 0.29) is 11.4 Å². The fraction of sp³-hybridized carbons (Fsp3) is 0.562. The molecule has 21 heavy (non-hydrogen) atoms. The van der Waals surface area contributed by atoms with Gasteiger partial charge in [0.1, 0.15) is 11.6 Å². The molecule has 3 nitrogen and oxygen atoms in total. The molecule has 1 aliphatic rings. The van der Waals surface area contributed by atoms with Crippen LogP contribution in [0.4, 0.5) is 4.39 Å². The molecule has 0 aliphatic heterocycles. The van der Waals surface area contributed by atoms with Crippen molar-refractivity contribution in [1.82, 2.24) is 14.5 Å². The van der Waals surface area contributed by atoms with Gasteiger partial charge in [0.2, 0.25) is 0 Å². The monoisotopic (exact) mass is 309 g/mol. The summed E-state index contributed by atoms with van der Waals surface area (Å²) in [6, 6.07) is 3.40. The summed E-state index contributed by atoms with van der Waals surface area (Å²) in [6.07, 6.45) is 3.62. The number of aryl methyl sites for hydroxylation is 1. The van der Waals surface area contributed by atoms with Gasteiger partial charge in [0, 0.05) is 18.2 Å². The molecule has 0 atom stereocenters. The number of fused-ring (bicyclic) bond motifs is 1. The molecule has 0 saturated heterocycles. The van der Waals surface area contributed by atoms with Crippen LogP contribution in [0.1, 0.15) is 30.7 Å². The van der Waals surface area contributed by atoms with E-state index in [1.165, 1.54) is 25.3 Å². The molecule has 0 unspecified atom stereocenters. The van der Waals surface area contributed by atoms with Crippen LogP contribution in [0.15, 0.2) is 12.1 Å². The normalized spacial score (nSPS) is 17.4. The van der Waals surface area contributed by atoms with E-state index < -0.39 is 0 Å². The minimum absolute atomic E-state index is 0.177. The minimum atomic E-state index is -0.209. The second kappa shape index (κ2) is 5.25. The SMILES string of the molecule is Cc1cc2c(cc1F)nc(CCl)n2CC1(N(C)C)CCC1. The highest BCUT2D eigenvalue weighted by Gasteiger charge is 2.40. The Bertz CT molecular complexity index is 674. The van der Waals surface area contributed by atoms with Gasteiger partial charge >= 0.3 is 0 Å². The molecule has 1 heterocycles. The summed E-state index contributed by atoms with van der Waals surface area (Å²) in [4.78, 5) is 6.81. The zero-order valence-electron chi connectivity index (χ0n) is 12.8. The smallest absolute Gasteiger partial charge is 0.128 e. The van der Waals surface area contributed by atoms with Gasteiger partial charge in [-0.1, -0.05) is 0 Å². The van der Waals surface area contributed by atoms with Crippen LogP contribution >= 0.6 is 11.6 Å². The van der Waals surface area contributed by atoms with E-state index in [2.05, 4.69) is 28.5 Å². The molecule has 1 aromatic heterocycles. The lowest BCUT2D eigenvalue weighted by Crippen LogP contribution is -2.53. The van der Waals surface area contributed by atoms with E-state index >= 15 is 0 Å². The number of alkyl halides is 1. The van der Waals surface area contributed by atoms with Crippen molar-refractivity contribution in [2.24, 2.45) is 0 Å². The van der Waals surface area contributed by atoms with Gasteiger partial charge in [-0.2, -0.15) is 0 Å². The largest absolute Gasteiger partial charge is 0.325 e. The van der Waals surface area contributed by atoms with Crippen LogP contribution in [0.5, 0.6) is 0 Å². The van der Waals surface area contributed by atoms with Gasteiger partial charge in [-0.05, 0) is 51.9 Å². The summed E-state index contributed by atoms with van der Waals surface area (Å²) < 4.78 is 15.9. The molecule has 1 aliphatic carbocycles. The first-order valence-corrected chi connectivity index (χ1v) is 7.89. The van der Waals surface area contributed by atoms with Crippen LogP contribution < -0.4 is 0 Å². The molecule has 5 heteroatoms. The maximum Gasteiger partial charge on any atom is 0.128 e. The summed E-state index contributed by atoms with van der Waals surface area (Å²) in [5, 5.41) is 0. The molecule has 1 saturated carbocycles. The van der Waals surface area contributed by atoms with Crippen molar-refractivity contribution >= 4 is 22.6 Å². The predicted octanol–water partition coefficient (Wildman–Crippen LogP) is 3.71. The zero-order valence-corrected chi connectivity index (χ0v) is 13.5. The van der Waals surface area contributed by atoms with Crippen molar-refractivity contribution in [2.75, 3.05) is 14.1 Å². The lowest BCUT2D eigenvalue weighted by molar-refractivity contribution is 0.0429. The topological polar surface area (TPSA) is 21.1 Å². The molecule has 0 amide bonds. The Morgan fingerprint density at radius 1 is 1.38 bits per heavy atom. The number of imidazole rings is 1. The first-order valence-electron chi connectivity index (χ1n) is 7.35. The first-order chi connectivity index (χ1) is 9.97. The second-order valence-corrected chi connectivity index (χ2v) is 6.58. The molecular weight excluding hydrogens is 289 g/mol. The fourth-order valence-electron chi connectivity index (χ4n) is 3.20. The van der Waals surface area contributed by atoms with E-state index in [1.807, 2.05) is 6.07 Å². The lowest BCUT2D eigenvalue weighted by atomic mass is 9.75. The number of hydrogen-bond donors (Lipinski definition) is 0. The van der Waals surface area contributed by atoms with E-state index in [9.17, 15) is 4.39 Å². The van der Waals surface area contributed by atoms with Crippen molar-refractivity contribution in [1.29, 1.82) is 0 Å². The quantitative estimate of drug-likeness (QED) is 0.803. The maximum atomic E-state index is 13.7. The van der Waals surface area contributed by atoms with Gasteiger partial charge in [-0.25, -0.2) is 9.37 Å². The minimum Gasteiger partial charge on any atom is -0.325 e. The number of aromatic nitrogens is 2. The Kier molecular flexibility index (Phi) is 3.70.